The van der Waals surface area contributed by atoms with Crippen molar-refractivity contribution < 1.29 is 27.4 Å². The van der Waals surface area contributed by atoms with Crippen LogP contribution < -0.4 is 4.74 Å². The highest BCUT2D eigenvalue weighted by molar-refractivity contribution is 6.01. The minimum absolute atomic E-state index is 0.0126. The fourth-order valence-electron chi connectivity index (χ4n) is 4.46. The zero-order valence-corrected chi connectivity index (χ0v) is 19.3. The number of halogens is 3. The van der Waals surface area contributed by atoms with Crippen molar-refractivity contribution in [3.8, 4) is 17.1 Å². The molecule has 1 aromatic carbocycles. The number of nitrogens with zero attached hydrogens (tertiary/aromatic N) is 4. The van der Waals surface area contributed by atoms with Gasteiger partial charge in [-0.25, -0.2) is 15.0 Å². The molecule has 1 amide bonds. The molecule has 1 saturated heterocycles. The molecule has 2 bridgehead atoms. The Balaban J connectivity index is 1.57. The van der Waals surface area contributed by atoms with Gasteiger partial charge in [-0.1, -0.05) is 6.58 Å². The van der Waals surface area contributed by atoms with Crippen molar-refractivity contribution in [1.82, 2.24) is 14.9 Å². The van der Waals surface area contributed by atoms with Crippen molar-refractivity contribution in [3.63, 3.8) is 0 Å². The first-order chi connectivity index (χ1) is 16.7. The van der Waals surface area contributed by atoms with Gasteiger partial charge in [0.2, 0.25) is 5.90 Å². The molecule has 0 N–H and O–H groups in total. The maximum absolute atomic E-state index is 13.6. The van der Waals surface area contributed by atoms with Gasteiger partial charge in [-0.05, 0) is 56.0 Å². The van der Waals surface area contributed by atoms with Crippen LogP contribution in [0.2, 0.25) is 0 Å². The Morgan fingerprint density at radius 2 is 2.00 bits per heavy atom. The standard InChI is InChI=1S/C25H25F3N4O3/c1-4-22(31-13-15(2)25(26,27)28)35-21-11-16-10-20(21)32(14-16)24(33)18-7-6-17(34-3)12-19(18)23-29-8-5-9-30-23/h4-9,12-13,16,20-21H,1,10-11,14H2,2-3H3/b15-13+,31-22+. The van der Waals surface area contributed by atoms with Crippen LogP contribution in [0.4, 0.5) is 13.2 Å². The van der Waals surface area contributed by atoms with Crippen LogP contribution in [-0.2, 0) is 4.74 Å². The molecule has 3 unspecified atom stereocenters. The second-order valence-electron chi connectivity index (χ2n) is 8.48. The fourth-order valence-corrected chi connectivity index (χ4v) is 4.46. The lowest BCUT2D eigenvalue weighted by molar-refractivity contribution is -0.0915. The molecule has 1 aromatic heterocycles. The molecule has 2 fully saturated rings. The summed E-state index contributed by atoms with van der Waals surface area (Å²) in [5.74, 6) is 0.992. The molecule has 1 saturated carbocycles. The summed E-state index contributed by atoms with van der Waals surface area (Å²) in [6.07, 6.45) is 1.74. The zero-order chi connectivity index (χ0) is 25.2. The Morgan fingerprint density at radius 3 is 2.63 bits per heavy atom. The Labute approximate surface area is 201 Å². The van der Waals surface area contributed by atoms with Crippen molar-refractivity contribution in [1.29, 1.82) is 0 Å². The van der Waals surface area contributed by atoms with Crippen molar-refractivity contribution in [3.05, 3.63) is 66.7 Å². The number of benzene rings is 1. The van der Waals surface area contributed by atoms with E-state index in [1.165, 1.54) is 13.2 Å². The number of ether oxygens (including phenoxy) is 2. The number of rotatable bonds is 6. The minimum Gasteiger partial charge on any atom is -0.497 e. The molecule has 0 radical (unpaired) electrons. The van der Waals surface area contributed by atoms with Gasteiger partial charge in [-0.3, -0.25) is 4.79 Å². The van der Waals surface area contributed by atoms with Crippen LogP contribution in [0.3, 0.4) is 0 Å². The summed E-state index contributed by atoms with van der Waals surface area (Å²) in [7, 11) is 1.54. The summed E-state index contributed by atoms with van der Waals surface area (Å²) >= 11 is 0. The van der Waals surface area contributed by atoms with E-state index in [-0.39, 0.29) is 23.8 Å². The number of aliphatic imine (C=N–C) groups is 1. The Kier molecular flexibility index (Phi) is 6.90. The molecule has 10 heteroatoms. The van der Waals surface area contributed by atoms with Gasteiger partial charge in [-0.2, -0.15) is 13.2 Å². The number of likely N-dealkylation sites (tertiary alicyclic amines) is 1. The third kappa shape index (κ3) is 5.21. The summed E-state index contributed by atoms with van der Waals surface area (Å²) in [5, 5.41) is 0. The highest BCUT2D eigenvalue weighted by Crippen LogP contribution is 2.41. The van der Waals surface area contributed by atoms with Crippen LogP contribution in [0.5, 0.6) is 5.75 Å². The molecule has 3 atom stereocenters. The maximum atomic E-state index is 13.6. The number of aromatic nitrogens is 2. The van der Waals surface area contributed by atoms with Crippen LogP contribution in [0, 0.1) is 5.92 Å². The number of hydrogen-bond donors (Lipinski definition) is 0. The molecule has 7 nitrogen and oxygen atoms in total. The maximum Gasteiger partial charge on any atom is 0.413 e. The molecule has 0 spiro atoms. The van der Waals surface area contributed by atoms with Gasteiger partial charge in [0.15, 0.2) is 5.82 Å². The third-order valence-electron chi connectivity index (χ3n) is 6.23. The third-order valence-corrected chi connectivity index (χ3v) is 6.23. The second-order valence-corrected chi connectivity index (χ2v) is 8.48. The molecule has 2 aliphatic rings. The summed E-state index contributed by atoms with van der Waals surface area (Å²) in [4.78, 5) is 27.8. The van der Waals surface area contributed by atoms with E-state index in [4.69, 9.17) is 9.47 Å². The van der Waals surface area contributed by atoms with Crippen LogP contribution in [0.25, 0.3) is 11.4 Å². The molecule has 4 rings (SSSR count). The van der Waals surface area contributed by atoms with Gasteiger partial charge < -0.3 is 14.4 Å². The average molecular weight is 486 g/mol. The molecular weight excluding hydrogens is 461 g/mol. The summed E-state index contributed by atoms with van der Waals surface area (Å²) in [6, 6.07) is 6.58. The molecule has 1 aliphatic heterocycles. The fraction of sp³-hybridized carbons (Fsp3) is 0.360. The van der Waals surface area contributed by atoms with Gasteiger partial charge in [0.25, 0.3) is 5.91 Å². The van der Waals surface area contributed by atoms with Crippen molar-refractivity contribution in [2.75, 3.05) is 13.7 Å². The summed E-state index contributed by atoms with van der Waals surface area (Å²) < 4.78 is 49.5. The summed E-state index contributed by atoms with van der Waals surface area (Å²) in [6.45, 7) is 5.10. The minimum atomic E-state index is -4.47. The van der Waals surface area contributed by atoms with E-state index >= 15 is 0 Å². The Hall–Kier alpha value is -3.69. The Bertz CT molecular complexity index is 1160. The van der Waals surface area contributed by atoms with E-state index in [0.29, 0.717) is 35.7 Å². The van der Waals surface area contributed by atoms with Crippen molar-refractivity contribution in [2.24, 2.45) is 10.9 Å². The van der Waals surface area contributed by atoms with E-state index in [9.17, 15) is 18.0 Å². The van der Waals surface area contributed by atoms with Gasteiger partial charge in [0.05, 0.1) is 18.7 Å². The number of carbonyl (C=O) groups is 1. The predicted molar refractivity (Wildman–Crippen MR) is 124 cm³/mol. The number of amides is 1. The van der Waals surface area contributed by atoms with E-state index in [1.54, 1.807) is 41.6 Å². The Morgan fingerprint density at radius 1 is 1.26 bits per heavy atom. The van der Waals surface area contributed by atoms with E-state index in [2.05, 4.69) is 21.5 Å². The highest BCUT2D eigenvalue weighted by atomic mass is 19.4. The molecule has 1 aliphatic carbocycles. The van der Waals surface area contributed by atoms with Crippen molar-refractivity contribution >= 4 is 11.8 Å². The lowest BCUT2D eigenvalue weighted by atomic mass is 10.0. The van der Waals surface area contributed by atoms with E-state index in [0.717, 1.165) is 19.5 Å². The number of alkyl halides is 3. The van der Waals surface area contributed by atoms with Gasteiger partial charge in [-0.15, -0.1) is 0 Å². The topological polar surface area (TPSA) is 76.9 Å². The number of hydrogen-bond acceptors (Lipinski definition) is 6. The van der Waals surface area contributed by atoms with Crippen LogP contribution in [0.15, 0.2) is 66.1 Å². The zero-order valence-electron chi connectivity index (χ0n) is 19.3. The molecule has 2 aromatic rings. The van der Waals surface area contributed by atoms with E-state index < -0.39 is 17.9 Å². The van der Waals surface area contributed by atoms with E-state index in [1.807, 2.05) is 0 Å². The number of allylic oxidation sites excluding steroid dienone is 1. The first kappa shape index (κ1) is 24.4. The van der Waals surface area contributed by atoms with Gasteiger partial charge in [0.1, 0.15) is 11.9 Å². The predicted octanol–water partition coefficient (Wildman–Crippen LogP) is 4.82. The molecular formula is C25H25F3N4O3. The molecule has 35 heavy (non-hydrogen) atoms. The number of piperidine rings is 1. The van der Waals surface area contributed by atoms with Crippen LogP contribution in [-0.4, -0.2) is 58.6 Å². The van der Waals surface area contributed by atoms with Gasteiger partial charge in [0, 0.05) is 36.3 Å². The molecule has 2 heterocycles. The summed E-state index contributed by atoms with van der Waals surface area (Å²) in [5.41, 5.74) is 0.140. The quantitative estimate of drug-likeness (QED) is 0.432. The second kappa shape index (κ2) is 9.89. The van der Waals surface area contributed by atoms with Crippen molar-refractivity contribution in [2.45, 2.75) is 38.1 Å². The van der Waals surface area contributed by atoms with Gasteiger partial charge >= 0.3 is 6.18 Å². The lowest BCUT2D eigenvalue weighted by Gasteiger charge is -2.33. The number of carbonyl (C=O) groups excluding carboxylic acids is 1. The largest absolute Gasteiger partial charge is 0.497 e. The van der Waals surface area contributed by atoms with Crippen LogP contribution in [0.1, 0.15) is 30.1 Å². The first-order valence-electron chi connectivity index (χ1n) is 11.1. The smallest absolute Gasteiger partial charge is 0.413 e. The lowest BCUT2D eigenvalue weighted by Crippen LogP contribution is -2.46. The number of methoxy groups -OCH3 is 1. The normalized spacial score (nSPS) is 22.3. The highest BCUT2D eigenvalue weighted by Gasteiger charge is 2.48. The number of fused-ring (bicyclic) bond motifs is 2. The average Bonchev–Trinajstić information content (AvgIpc) is 3.46. The monoisotopic (exact) mass is 486 g/mol. The van der Waals surface area contributed by atoms with Crippen LogP contribution >= 0.6 is 0 Å². The SMILES string of the molecule is C=C/C(=N\C=C(/C)C(F)(F)F)OC1CC2CC1N(C(=O)c1ccc(OC)cc1-c1ncccn1)C2. The first-order valence-corrected chi connectivity index (χ1v) is 11.1. The molecule has 184 valence electrons.